The monoisotopic (exact) mass is 382 g/mol. The third kappa shape index (κ3) is 3.08. The van der Waals surface area contributed by atoms with Crippen molar-refractivity contribution in [3.8, 4) is 11.5 Å². The minimum atomic E-state index is -0.856. The van der Waals surface area contributed by atoms with E-state index in [1.54, 1.807) is 7.11 Å². The van der Waals surface area contributed by atoms with Gasteiger partial charge in [0.15, 0.2) is 11.5 Å². The molecule has 2 saturated carbocycles. The number of carboxylic acid groups (broad SMARTS) is 1. The zero-order valence-electron chi connectivity index (χ0n) is 13.4. The van der Waals surface area contributed by atoms with Crippen LogP contribution in [0.3, 0.4) is 0 Å². The molecule has 1 aromatic carbocycles. The highest BCUT2D eigenvalue weighted by Gasteiger charge is 2.46. The molecule has 2 fully saturated rings. The first-order chi connectivity index (χ1) is 11.1. The van der Waals surface area contributed by atoms with Crippen molar-refractivity contribution in [2.45, 2.75) is 62.9 Å². The number of rotatable bonds is 5. The Balaban J connectivity index is 2.09. The van der Waals surface area contributed by atoms with E-state index in [1.165, 1.54) is 12.8 Å². The third-order valence-corrected chi connectivity index (χ3v) is 5.67. The van der Waals surface area contributed by atoms with Gasteiger partial charge in [-0.3, -0.25) is 4.79 Å². The molecule has 0 saturated heterocycles. The summed E-state index contributed by atoms with van der Waals surface area (Å²) in [6.45, 7) is 0. The zero-order chi connectivity index (χ0) is 16.4. The highest BCUT2D eigenvalue weighted by molar-refractivity contribution is 9.10. The van der Waals surface area contributed by atoms with Gasteiger partial charge in [-0.05, 0) is 50.7 Å². The smallest absolute Gasteiger partial charge is 0.314 e. The van der Waals surface area contributed by atoms with E-state index in [1.807, 2.05) is 12.1 Å². The fraction of sp³-hybridized carbons (Fsp3) is 0.611. The van der Waals surface area contributed by atoms with Crippen LogP contribution in [0.15, 0.2) is 16.6 Å². The number of methoxy groups -OCH3 is 1. The SMILES string of the molecule is COc1cc(Br)cc(C2(C(=O)O)CCCC2)c1OC1CCCC1. The summed E-state index contributed by atoms with van der Waals surface area (Å²) in [6, 6.07) is 3.77. The standard InChI is InChI=1S/C18H23BrO4/c1-22-15-11-12(19)10-14(16(15)23-13-6-2-3-7-13)18(17(20)21)8-4-5-9-18/h10-11,13H,2-9H2,1H3,(H,20,21). The minimum absolute atomic E-state index is 0.163. The molecule has 3 rings (SSSR count). The number of hydrogen-bond donors (Lipinski definition) is 1. The molecule has 1 aromatic rings. The summed E-state index contributed by atoms with van der Waals surface area (Å²) in [7, 11) is 1.61. The topological polar surface area (TPSA) is 55.8 Å². The van der Waals surface area contributed by atoms with Crippen LogP contribution < -0.4 is 9.47 Å². The maximum absolute atomic E-state index is 12.1. The molecule has 2 aliphatic rings. The Morgan fingerprint density at radius 2 is 1.87 bits per heavy atom. The van der Waals surface area contributed by atoms with Gasteiger partial charge in [-0.25, -0.2) is 0 Å². The normalized spacial score (nSPS) is 20.6. The number of halogens is 1. The number of ether oxygens (including phenoxy) is 2. The summed E-state index contributed by atoms with van der Waals surface area (Å²) < 4.78 is 12.6. The highest BCUT2D eigenvalue weighted by atomic mass is 79.9. The van der Waals surface area contributed by atoms with Crippen molar-refractivity contribution in [3.63, 3.8) is 0 Å². The van der Waals surface area contributed by atoms with Crippen molar-refractivity contribution in [1.82, 2.24) is 0 Å². The Bertz CT molecular complexity index is 587. The zero-order valence-corrected chi connectivity index (χ0v) is 15.0. The molecular formula is C18H23BrO4. The molecule has 0 amide bonds. The first kappa shape index (κ1) is 16.6. The van der Waals surface area contributed by atoms with Crippen molar-refractivity contribution < 1.29 is 19.4 Å². The first-order valence-electron chi connectivity index (χ1n) is 8.35. The van der Waals surface area contributed by atoms with Crippen molar-refractivity contribution in [1.29, 1.82) is 0 Å². The maximum atomic E-state index is 12.1. The van der Waals surface area contributed by atoms with Gasteiger partial charge in [0.25, 0.3) is 0 Å². The van der Waals surface area contributed by atoms with E-state index >= 15 is 0 Å². The van der Waals surface area contributed by atoms with Gasteiger partial charge in [-0.1, -0.05) is 28.8 Å². The lowest BCUT2D eigenvalue weighted by molar-refractivity contribution is -0.143. The van der Waals surface area contributed by atoms with E-state index in [0.717, 1.165) is 35.7 Å². The van der Waals surface area contributed by atoms with Gasteiger partial charge in [0.1, 0.15) is 0 Å². The molecule has 2 aliphatic carbocycles. The van der Waals surface area contributed by atoms with Crippen LogP contribution in [0, 0.1) is 0 Å². The summed E-state index contributed by atoms with van der Waals surface area (Å²) in [5, 5.41) is 9.95. The van der Waals surface area contributed by atoms with E-state index in [9.17, 15) is 9.90 Å². The summed E-state index contributed by atoms with van der Waals surface area (Å²) in [5.41, 5.74) is -0.0917. The van der Waals surface area contributed by atoms with E-state index in [2.05, 4.69) is 15.9 Å². The average molecular weight is 383 g/mol. The Hall–Kier alpha value is -1.23. The number of benzene rings is 1. The molecule has 4 nitrogen and oxygen atoms in total. The lowest BCUT2D eigenvalue weighted by Crippen LogP contribution is -2.33. The van der Waals surface area contributed by atoms with E-state index in [4.69, 9.17) is 9.47 Å². The van der Waals surface area contributed by atoms with Crippen molar-refractivity contribution in [2.75, 3.05) is 7.11 Å². The molecule has 0 bridgehead atoms. The second-order valence-corrected chi connectivity index (χ2v) is 7.52. The summed E-state index contributed by atoms with van der Waals surface area (Å²) in [4.78, 5) is 12.1. The molecule has 5 heteroatoms. The van der Waals surface area contributed by atoms with Gasteiger partial charge >= 0.3 is 5.97 Å². The second-order valence-electron chi connectivity index (χ2n) is 6.60. The molecule has 0 radical (unpaired) electrons. The van der Waals surface area contributed by atoms with Crippen LogP contribution in [0.2, 0.25) is 0 Å². The summed E-state index contributed by atoms with van der Waals surface area (Å²) >= 11 is 3.49. The molecule has 0 aliphatic heterocycles. The van der Waals surface area contributed by atoms with Crippen LogP contribution in [0.4, 0.5) is 0 Å². The molecule has 0 heterocycles. The molecule has 0 atom stereocenters. The fourth-order valence-electron chi connectivity index (χ4n) is 3.95. The molecule has 126 valence electrons. The van der Waals surface area contributed by atoms with Crippen molar-refractivity contribution in [2.24, 2.45) is 0 Å². The van der Waals surface area contributed by atoms with Gasteiger partial charge in [-0.2, -0.15) is 0 Å². The van der Waals surface area contributed by atoms with E-state index < -0.39 is 11.4 Å². The molecular weight excluding hydrogens is 360 g/mol. The average Bonchev–Trinajstić information content (AvgIpc) is 3.20. The Morgan fingerprint density at radius 3 is 2.43 bits per heavy atom. The number of carbonyl (C=O) groups is 1. The quantitative estimate of drug-likeness (QED) is 0.803. The largest absolute Gasteiger partial charge is 0.493 e. The molecule has 23 heavy (non-hydrogen) atoms. The molecule has 0 aromatic heterocycles. The highest BCUT2D eigenvalue weighted by Crippen LogP contribution is 2.49. The fourth-order valence-corrected chi connectivity index (χ4v) is 4.38. The molecule has 1 N–H and O–H groups in total. The molecule has 0 spiro atoms. The van der Waals surface area contributed by atoms with Crippen LogP contribution in [0.25, 0.3) is 0 Å². The van der Waals surface area contributed by atoms with Crippen LogP contribution in [0.5, 0.6) is 11.5 Å². The lowest BCUT2D eigenvalue weighted by Gasteiger charge is -2.29. The second kappa shape index (κ2) is 6.71. The van der Waals surface area contributed by atoms with Crippen molar-refractivity contribution >= 4 is 21.9 Å². The maximum Gasteiger partial charge on any atom is 0.314 e. The van der Waals surface area contributed by atoms with Crippen LogP contribution >= 0.6 is 15.9 Å². The molecule has 0 unspecified atom stereocenters. The first-order valence-corrected chi connectivity index (χ1v) is 9.14. The number of hydrogen-bond acceptors (Lipinski definition) is 3. The summed E-state index contributed by atoms with van der Waals surface area (Å²) in [5.74, 6) is 0.493. The third-order valence-electron chi connectivity index (χ3n) is 5.21. The van der Waals surface area contributed by atoms with Crippen molar-refractivity contribution in [3.05, 3.63) is 22.2 Å². The Morgan fingerprint density at radius 1 is 1.22 bits per heavy atom. The van der Waals surface area contributed by atoms with Crippen LogP contribution in [-0.2, 0) is 10.2 Å². The van der Waals surface area contributed by atoms with E-state index in [0.29, 0.717) is 24.3 Å². The Labute approximate surface area is 145 Å². The van der Waals surface area contributed by atoms with Crippen LogP contribution in [-0.4, -0.2) is 24.3 Å². The van der Waals surface area contributed by atoms with Gasteiger partial charge < -0.3 is 14.6 Å². The van der Waals surface area contributed by atoms with E-state index in [-0.39, 0.29) is 6.10 Å². The van der Waals surface area contributed by atoms with Crippen LogP contribution in [0.1, 0.15) is 56.9 Å². The minimum Gasteiger partial charge on any atom is -0.493 e. The predicted octanol–water partition coefficient (Wildman–Crippen LogP) is 4.68. The predicted molar refractivity (Wildman–Crippen MR) is 91.4 cm³/mol. The van der Waals surface area contributed by atoms with Gasteiger partial charge in [0.2, 0.25) is 0 Å². The number of carboxylic acids is 1. The lowest BCUT2D eigenvalue weighted by atomic mass is 9.78. The number of aliphatic carboxylic acids is 1. The van der Waals surface area contributed by atoms with Gasteiger partial charge in [0.05, 0.1) is 18.6 Å². The van der Waals surface area contributed by atoms with Gasteiger partial charge in [0, 0.05) is 10.0 Å². The summed E-state index contributed by atoms with van der Waals surface area (Å²) in [6.07, 6.45) is 7.74. The van der Waals surface area contributed by atoms with Gasteiger partial charge in [-0.15, -0.1) is 0 Å². The Kier molecular flexibility index (Phi) is 4.85.